The molecule has 0 aromatic rings. The molecule has 0 radical (unpaired) electrons. The van der Waals surface area contributed by atoms with Crippen molar-refractivity contribution in [3.8, 4) is 0 Å². The average molecular weight is 505 g/mol. The molecule has 11 atom stereocenters. The lowest BCUT2D eigenvalue weighted by Gasteiger charge is -2.59. The summed E-state index contributed by atoms with van der Waals surface area (Å²) in [5.74, 6) is 0.525. The molecule has 206 valence electrons. The zero-order valence-electron chi connectivity index (χ0n) is 23.8. The monoisotopic (exact) mass is 504 g/mol. The molecule has 5 unspecified atom stereocenters. The van der Waals surface area contributed by atoms with Crippen LogP contribution in [0.5, 0.6) is 0 Å². The summed E-state index contributed by atoms with van der Waals surface area (Å²) in [5.41, 5.74) is -1.27. The van der Waals surface area contributed by atoms with Gasteiger partial charge in [0, 0.05) is 5.92 Å². The van der Waals surface area contributed by atoms with Crippen LogP contribution in [0.3, 0.4) is 0 Å². The van der Waals surface area contributed by atoms with Crippen molar-refractivity contribution in [3.05, 3.63) is 11.6 Å². The Morgan fingerprint density at radius 3 is 2.31 bits per heavy atom. The predicted molar refractivity (Wildman–Crippen MR) is 142 cm³/mol. The number of carboxylic acid groups (broad SMARTS) is 1. The van der Waals surface area contributed by atoms with Crippen LogP contribution in [-0.4, -0.2) is 44.2 Å². The minimum atomic E-state index is -1.06. The van der Waals surface area contributed by atoms with Crippen molar-refractivity contribution >= 4 is 5.97 Å². The highest BCUT2D eigenvalue weighted by atomic mass is 16.4. The van der Waals surface area contributed by atoms with Gasteiger partial charge in [-0.15, -0.1) is 0 Å². The second kappa shape index (κ2) is 9.38. The summed E-state index contributed by atoms with van der Waals surface area (Å²) >= 11 is 0. The zero-order chi connectivity index (χ0) is 26.8. The van der Waals surface area contributed by atoms with Gasteiger partial charge in [-0.1, -0.05) is 59.6 Å². The number of aliphatic hydroxyl groups is 3. The van der Waals surface area contributed by atoms with Gasteiger partial charge in [-0.25, -0.2) is 0 Å². The van der Waals surface area contributed by atoms with Gasteiger partial charge in [0.25, 0.3) is 0 Å². The number of allylic oxidation sites excluding steroid dienone is 1. The van der Waals surface area contributed by atoms with Crippen LogP contribution in [0.1, 0.15) is 106 Å². The highest BCUT2D eigenvalue weighted by Gasteiger charge is 2.63. The minimum Gasteiger partial charge on any atom is -0.481 e. The van der Waals surface area contributed by atoms with Crippen LogP contribution in [0.25, 0.3) is 0 Å². The van der Waals surface area contributed by atoms with Crippen molar-refractivity contribution < 1.29 is 25.2 Å². The van der Waals surface area contributed by atoms with Gasteiger partial charge in [0.05, 0.1) is 23.2 Å². The maximum absolute atomic E-state index is 12.8. The second-order valence-corrected chi connectivity index (χ2v) is 14.4. The molecule has 0 aromatic heterocycles. The Morgan fingerprint density at radius 2 is 1.69 bits per heavy atom. The van der Waals surface area contributed by atoms with E-state index in [9.17, 15) is 25.2 Å². The van der Waals surface area contributed by atoms with E-state index in [2.05, 4.69) is 47.6 Å². The van der Waals surface area contributed by atoms with Crippen molar-refractivity contribution in [2.45, 2.75) is 124 Å². The molecule has 4 aliphatic carbocycles. The first-order valence-corrected chi connectivity index (χ1v) is 14.7. The predicted octanol–water partition coefficient (Wildman–Crippen LogP) is 5.81. The third-order valence-electron chi connectivity index (χ3n) is 12.4. The van der Waals surface area contributed by atoms with Crippen LogP contribution in [0.4, 0.5) is 0 Å². The number of carboxylic acids is 1. The van der Waals surface area contributed by atoms with Gasteiger partial charge in [0.2, 0.25) is 0 Å². The van der Waals surface area contributed by atoms with Crippen LogP contribution < -0.4 is 0 Å². The maximum atomic E-state index is 12.8. The van der Waals surface area contributed by atoms with E-state index < -0.39 is 29.2 Å². The fraction of sp³-hybridized carbons (Fsp3) is 0.903. The van der Waals surface area contributed by atoms with E-state index in [-0.39, 0.29) is 22.7 Å². The van der Waals surface area contributed by atoms with Crippen molar-refractivity contribution in [2.75, 3.05) is 0 Å². The molecule has 0 heterocycles. The molecule has 0 bridgehead atoms. The van der Waals surface area contributed by atoms with Crippen LogP contribution in [-0.2, 0) is 4.79 Å². The molecule has 4 rings (SSSR count). The summed E-state index contributed by atoms with van der Waals surface area (Å²) in [6.07, 6.45) is 8.31. The van der Waals surface area contributed by atoms with Crippen molar-refractivity contribution in [1.82, 2.24) is 0 Å². The lowest BCUT2D eigenvalue weighted by atomic mass is 9.46. The molecule has 4 N–H and O–H groups in total. The first-order valence-electron chi connectivity index (χ1n) is 14.7. The largest absolute Gasteiger partial charge is 0.481 e. The molecule has 5 nitrogen and oxygen atoms in total. The zero-order valence-corrected chi connectivity index (χ0v) is 23.8. The number of fused-ring (bicyclic) bond motifs is 2. The molecule has 5 heteroatoms. The molecule has 0 aliphatic heterocycles. The molecule has 0 amide bonds. The fourth-order valence-corrected chi connectivity index (χ4v) is 9.40. The lowest BCUT2D eigenvalue weighted by molar-refractivity contribution is -0.181. The maximum Gasteiger partial charge on any atom is 0.310 e. The Bertz CT molecular complexity index is 876. The van der Waals surface area contributed by atoms with Crippen LogP contribution >= 0.6 is 0 Å². The van der Waals surface area contributed by atoms with E-state index in [0.717, 1.165) is 44.1 Å². The third kappa shape index (κ3) is 4.11. The number of carbonyl (C=O) groups is 1. The summed E-state index contributed by atoms with van der Waals surface area (Å²) in [6, 6.07) is 0. The topological polar surface area (TPSA) is 98.0 Å². The van der Waals surface area contributed by atoms with E-state index in [0.29, 0.717) is 42.9 Å². The number of rotatable bonds is 4. The smallest absolute Gasteiger partial charge is 0.310 e. The molecule has 4 aliphatic rings. The molecular formula is C31H52O5. The summed E-state index contributed by atoms with van der Waals surface area (Å²) in [6.45, 7) is 15.0. The molecule has 4 fully saturated rings. The van der Waals surface area contributed by atoms with E-state index in [4.69, 9.17) is 0 Å². The number of aliphatic hydroxyl groups excluding tert-OH is 2. The summed E-state index contributed by atoms with van der Waals surface area (Å²) in [4.78, 5) is 12.8. The van der Waals surface area contributed by atoms with Crippen LogP contribution in [0, 0.1) is 51.8 Å². The molecule has 0 aromatic carbocycles. The SMILES string of the molecule is CC[C@]1(C)C2CC[C@H](C)C(C/C=C3/C4[C@](C(=O)O)(CC[C@@H](C)[C@@]4(C)O)CCC3(C)C)C2C[C@@H](O)C1O. The number of hydrogen-bond acceptors (Lipinski definition) is 4. The van der Waals surface area contributed by atoms with Gasteiger partial charge >= 0.3 is 5.97 Å². The number of hydrogen-bond donors (Lipinski definition) is 4. The van der Waals surface area contributed by atoms with E-state index >= 15 is 0 Å². The Labute approximate surface area is 218 Å². The van der Waals surface area contributed by atoms with Gasteiger partial charge in [0.1, 0.15) is 0 Å². The molecule has 0 spiro atoms. The van der Waals surface area contributed by atoms with E-state index in [1.807, 2.05) is 6.92 Å². The summed E-state index contributed by atoms with van der Waals surface area (Å²) in [5, 5.41) is 44.1. The van der Waals surface area contributed by atoms with Crippen LogP contribution in [0.15, 0.2) is 11.6 Å². The van der Waals surface area contributed by atoms with Crippen molar-refractivity contribution in [1.29, 1.82) is 0 Å². The fourth-order valence-electron chi connectivity index (χ4n) is 9.40. The molecule has 36 heavy (non-hydrogen) atoms. The highest BCUT2D eigenvalue weighted by Crippen LogP contribution is 2.63. The highest BCUT2D eigenvalue weighted by molar-refractivity contribution is 5.77. The molecular weight excluding hydrogens is 452 g/mol. The van der Waals surface area contributed by atoms with Crippen molar-refractivity contribution in [2.24, 2.45) is 51.8 Å². The van der Waals surface area contributed by atoms with E-state index in [1.165, 1.54) is 0 Å². The van der Waals surface area contributed by atoms with Crippen molar-refractivity contribution in [3.63, 3.8) is 0 Å². The Hall–Kier alpha value is -0.910. The molecule has 0 saturated heterocycles. The van der Waals surface area contributed by atoms with Gasteiger partial charge in [-0.2, -0.15) is 0 Å². The van der Waals surface area contributed by atoms with Crippen LogP contribution in [0.2, 0.25) is 0 Å². The third-order valence-corrected chi connectivity index (χ3v) is 12.4. The normalized spacial score (nSPS) is 51.9. The average Bonchev–Trinajstić information content (AvgIpc) is 2.80. The Morgan fingerprint density at radius 1 is 1.03 bits per heavy atom. The summed E-state index contributed by atoms with van der Waals surface area (Å²) < 4.78 is 0. The molecule has 4 saturated carbocycles. The Balaban J connectivity index is 1.73. The van der Waals surface area contributed by atoms with Gasteiger partial charge < -0.3 is 20.4 Å². The number of aliphatic carboxylic acids is 1. The summed E-state index contributed by atoms with van der Waals surface area (Å²) in [7, 11) is 0. The quantitative estimate of drug-likeness (QED) is 0.362. The second-order valence-electron chi connectivity index (χ2n) is 14.4. The standard InChI is InChI=1S/C31H52O5/c1-8-29(6)22-11-9-18(2)20(21(22)17-24(32)26(29)33)10-12-23-25-30(7,36)19(3)13-14-31(25,27(34)35)16-15-28(23,4)5/h12,18-22,24-26,32-33,36H,8-11,13-17H2,1-7H3,(H,34,35)/b23-12-/t18-,19+,20?,21?,22?,24+,25?,26?,29+,30+,31-/m0/s1. The van der Waals surface area contributed by atoms with Gasteiger partial charge in [0.15, 0.2) is 0 Å². The first kappa shape index (κ1) is 28.1. The Kier molecular flexibility index (Phi) is 7.32. The van der Waals surface area contributed by atoms with Gasteiger partial charge in [-0.05, 0) is 98.7 Å². The van der Waals surface area contributed by atoms with E-state index in [1.54, 1.807) is 0 Å². The minimum absolute atomic E-state index is 0.0468. The first-order chi connectivity index (χ1) is 16.6. The lowest BCUT2D eigenvalue weighted by Crippen LogP contribution is -2.61. The van der Waals surface area contributed by atoms with Gasteiger partial charge in [-0.3, -0.25) is 4.79 Å².